The van der Waals surface area contributed by atoms with E-state index in [2.05, 4.69) is 61.3 Å². The van der Waals surface area contributed by atoms with Crippen molar-refractivity contribution >= 4 is 16.8 Å². The first-order valence-electron chi connectivity index (χ1n) is 14.9. The van der Waals surface area contributed by atoms with Crippen molar-refractivity contribution in [2.75, 3.05) is 52.5 Å². The van der Waals surface area contributed by atoms with Crippen LogP contribution in [0.5, 0.6) is 0 Å². The molecule has 222 valence electrons. The average Bonchev–Trinajstić information content (AvgIpc) is 3.61. The number of likely N-dealkylation sites (tertiary alicyclic amines) is 1. The lowest BCUT2D eigenvalue weighted by molar-refractivity contribution is -0.0389. The number of aromatic amines is 2. The third kappa shape index (κ3) is 5.96. The van der Waals surface area contributed by atoms with E-state index in [4.69, 9.17) is 4.74 Å². The van der Waals surface area contributed by atoms with E-state index in [0.29, 0.717) is 62.9 Å². The van der Waals surface area contributed by atoms with Gasteiger partial charge < -0.3 is 25.0 Å². The number of carbonyl (C=O) groups excluding carboxylic acids is 1. The molecular formula is C31H40N8O3. The first kappa shape index (κ1) is 28.5. The lowest BCUT2D eigenvalue weighted by atomic mass is 9.94. The molecule has 2 fully saturated rings. The van der Waals surface area contributed by atoms with Gasteiger partial charge in [0, 0.05) is 62.6 Å². The van der Waals surface area contributed by atoms with Gasteiger partial charge in [-0.15, -0.1) is 0 Å². The van der Waals surface area contributed by atoms with E-state index in [1.807, 2.05) is 23.4 Å². The van der Waals surface area contributed by atoms with Crippen LogP contribution in [0, 0.1) is 6.92 Å². The maximum atomic E-state index is 13.5. The first-order chi connectivity index (χ1) is 20.4. The summed E-state index contributed by atoms with van der Waals surface area (Å²) < 4.78 is 5.45. The predicted molar refractivity (Wildman–Crippen MR) is 161 cm³/mol. The minimum absolute atomic E-state index is 0.107. The van der Waals surface area contributed by atoms with E-state index in [1.54, 1.807) is 6.20 Å². The van der Waals surface area contributed by atoms with Crippen molar-refractivity contribution in [2.45, 2.75) is 45.3 Å². The maximum Gasteiger partial charge on any atom is 0.271 e. The van der Waals surface area contributed by atoms with Crippen LogP contribution in [0.25, 0.3) is 33.5 Å². The van der Waals surface area contributed by atoms with Gasteiger partial charge in [-0.05, 0) is 61.6 Å². The third-order valence-electron chi connectivity index (χ3n) is 8.62. The van der Waals surface area contributed by atoms with Gasteiger partial charge in [0.05, 0.1) is 30.5 Å². The smallest absolute Gasteiger partial charge is 0.271 e. The number of benzene rings is 1. The summed E-state index contributed by atoms with van der Waals surface area (Å²) in [7, 11) is 0. The molecule has 0 radical (unpaired) electrons. The molecular weight excluding hydrogens is 532 g/mol. The zero-order valence-corrected chi connectivity index (χ0v) is 24.4. The van der Waals surface area contributed by atoms with Crippen molar-refractivity contribution in [1.29, 1.82) is 0 Å². The summed E-state index contributed by atoms with van der Waals surface area (Å²) in [6.45, 7) is 10.7. The van der Waals surface area contributed by atoms with E-state index in [1.165, 1.54) is 11.1 Å². The summed E-state index contributed by atoms with van der Waals surface area (Å²) in [6, 6.07) is 6.19. The molecule has 11 heteroatoms. The van der Waals surface area contributed by atoms with Gasteiger partial charge >= 0.3 is 0 Å². The molecule has 42 heavy (non-hydrogen) atoms. The third-order valence-corrected chi connectivity index (χ3v) is 8.62. The highest BCUT2D eigenvalue weighted by Crippen LogP contribution is 2.32. The highest BCUT2D eigenvalue weighted by Gasteiger charge is 2.34. The van der Waals surface area contributed by atoms with Crippen molar-refractivity contribution in [3.8, 4) is 22.6 Å². The summed E-state index contributed by atoms with van der Waals surface area (Å²) in [4.78, 5) is 29.8. The maximum absolute atomic E-state index is 13.5. The molecule has 6 rings (SSSR count). The monoisotopic (exact) mass is 572 g/mol. The van der Waals surface area contributed by atoms with Crippen LogP contribution >= 0.6 is 0 Å². The van der Waals surface area contributed by atoms with Crippen molar-refractivity contribution in [3.05, 3.63) is 53.6 Å². The number of β-amino-alcohol motifs (C(OH)–C–C–N with tert-alkyl or cyclic N) is 1. The molecule has 2 aliphatic rings. The van der Waals surface area contributed by atoms with Gasteiger partial charge in [-0.25, -0.2) is 4.98 Å². The zero-order valence-electron chi connectivity index (χ0n) is 24.4. The fourth-order valence-corrected chi connectivity index (χ4v) is 6.10. The molecule has 2 saturated heterocycles. The molecule has 4 N–H and O–H groups in total. The standard InChI is InChI=1S/C31H40N8O3/c1-3-32-16-23-17-33-18-25(21(23)2)22-5-6-26-24(15-22)28(37-36-26)29-34-19-27(35-29)30(40)39-9-4-7-31(41,8-10-39)20-38-11-13-42-14-12-38/h5-6,15,17-19,32,41H,3-4,7-14,16,20H2,1-2H3,(H,34,35)(H,36,37). The van der Waals surface area contributed by atoms with Crippen molar-refractivity contribution in [3.63, 3.8) is 0 Å². The molecule has 11 nitrogen and oxygen atoms in total. The van der Waals surface area contributed by atoms with Crippen LogP contribution in [0.3, 0.4) is 0 Å². The molecule has 0 saturated carbocycles. The van der Waals surface area contributed by atoms with Crippen molar-refractivity contribution in [1.82, 2.24) is 40.3 Å². The molecule has 1 unspecified atom stereocenters. The molecule has 1 atom stereocenters. The topological polar surface area (TPSA) is 135 Å². The lowest BCUT2D eigenvalue weighted by Gasteiger charge is -2.35. The van der Waals surface area contributed by atoms with Gasteiger partial charge in [0.2, 0.25) is 0 Å². The molecule has 0 aliphatic carbocycles. The molecule has 5 heterocycles. The van der Waals surface area contributed by atoms with Crippen molar-refractivity contribution < 1.29 is 14.6 Å². The number of amides is 1. The number of ether oxygens (including phenoxy) is 1. The Morgan fingerprint density at radius 2 is 2.00 bits per heavy atom. The first-order valence-corrected chi connectivity index (χ1v) is 14.9. The van der Waals surface area contributed by atoms with Gasteiger partial charge in [-0.2, -0.15) is 5.10 Å². The number of aliphatic hydroxyl groups is 1. The summed E-state index contributed by atoms with van der Waals surface area (Å²) in [5, 5.41) is 23.3. The summed E-state index contributed by atoms with van der Waals surface area (Å²) in [5.41, 5.74) is 5.66. The largest absolute Gasteiger partial charge is 0.388 e. The van der Waals surface area contributed by atoms with E-state index in [-0.39, 0.29) is 5.91 Å². The second-order valence-corrected chi connectivity index (χ2v) is 11.5. The molecule has 4 aromatic rings. The fraction of sp³-hybridized carbons (Fsp3) is 0.484. The second-order valence-electron chi connectivity index (χ2n) is 11.5. The average molecular weight is 573 g/mol. The van der Waals surface area contributed by atoms with Crippen LogP contribution in [0.4, 0.5) is 0 Å². The highest BCUT2D eigenvalue weighted by atomic mass is 16.5. The number of hydrogen-bond acceptors (Lipinski definition) is 8. The number of fused-ring (bicyclic) bond motifs is 1. The van der Waals surface area contributed by atoms with Gasteiger partial charge in [0.1, 0.15) is 11.4 Å². The summed E-state index contributed by atoms with van der Waals surface area (Å²) in [6.07, 6.45) is 7.39. The van der Waals surface area contributed by atoms with Gasteiger partial charge in [0.15, 0.2) is 5.82 Å². The minimum Gasteiger partial charge on any atom is -0.388 e. The van der Waals surface area contributed by atoms with E-state index in [0.717, 1.165) is 54.6 Å². The molecule has 0 bridgehead atoms. The Labute approximate surface area is 245 Å². The lowest BCUT2D eigenvalue weighted by Crippen LogP contribution is -2.48. The molecule has 2 aliphatic heterocycles. The number of pyridine rings is 1. The normalized spacial score (nSPS) is 20.2. The number of carbonyl (C=O) groups is 1. The number of imidazole rings is 1. The Morgan fingerprint density at radius 3 is 2.83 bits per heavy atom. The Bertz CT molecular complexity index is 1540. The van der Waals surface area contributed by atoms with E-state index >= 15 is 0 Å². The number of nitrogens with zero attached hydrogens (tertiary/aromatic N) is 5. The van der Waals surface area contributed by atoms with Crippen LogP contribution in [-0.4, -0.2) is 104 Å². The SMILES string of the molecule is CCNCc1cncc(-c2ccc3[nH]nc(-c4ncc(C(=O)N5CCCC(O)(CN6CCOCC6)CC5)[nH]4)c3c2)c1C. The molecule has 1 aromatic carbocycles. The Hall–Kier alpha value is -3.64. The van der Waals surface area contributed by atoms with Crippen LogP contribution in [0.15, 0.2) is 36.8 Å². The van der Waals surface area contributed by atoms with Crippen LogP contribution in [0.1, 0.15) is 47.8 Å². The van der Waals surface area contributed by atoms with Crippen LogP contribution in [-0.2, 0) is 11.3 Å². The molecule has 1 amide bonds. The van der Waals surface area contributed by atoms with Gasteiger partial charge in [0.25, 0.3) is 5.91 Å². The highest BCUT2D eigenvalue weighted by molar-refractivity contribution is 5.96. The number of aromatic nitrogens is 5. The van der Waals surface area contributed by atoms with Crippen LogP contribution < -0.4 is 5.32 Å². The Balaban J connectivity index is 1.19. The molecule has 3 aromatic heterocycles. The number of nitrogens with one attached hydrogen (secondary N) is 3. The van der Waals surface area contributed by atoms with E-state index in [9.17, 15) is 9.90 Å². The number of rotatable bonds is 8. The van der Waals surface area contributed by atoms with Gasteiger partial charge in [-0.3, -0.25) is 19.8 Å². The number of morpholine rings is 1. The quantitative estimate of drug-likeness (QED) is 0.253. The molecule has 0 spiro atoms. The summed E-state index contributed by atoms with van der Waals surface area (Å²) in [5.74, 6) is 0.431. The predicted octanol–water partition coefficient (Wildman–Crippen LogP) is 3.12. The minimum atomic E-state index is -0.795. The van der Waals surface area contributed by atoms with Crippen molar-refractivity contribution in [2.24, 2.45) is 0 Å². The van der Waals surface area contributed by atoms with Crippen LogP contribution in [0.2, 0.25) is 0 Å². The Morgan fingerprint density at radius 1 is 1.14 bits per heavy atom. The van der Waals surface area contributed by atoms with Gasteiger partial charge in [-0.1, -0.05) is 13.0 Å². The number of H-pyrrole nitrogens is 2. The summed E-state index contributed by atoms with van der Waals surface area (Å²) >= 11 is 0. The number of hydrogen-bond donors (Lipinski definition) is 4. The second kappa shape index (κ2) is 12.3. The fourth-order valence-electron chi connectivity index (χ4n) is 6.10. The zero-order chi connectivity index (χ0) is 29.1. The van der Waals surface area contributed by atoms with E-state index < -0.39 is 5.60 Å². The Kier molecular flexibility index (Phi) is 8.34.